The Bertz CT molecular complexity index is 430. The standard InChI is InChI=1S/C12H16N2O2S/c1-12(11(13)16)5-3-6-14(8-12)10(15)9-4-2-7-17-9/h2,4,7H,3,5-6,8H2,1H3,(H2,13,16). The van der Waals surface area contributed by atoms with Crippen molar-refractivity contribution in [2.24, 2.45) is 11.1 Å². The van der Waals surface area contributed by atoms with Crippen LogP contribution in [-0.2, 0) is 4.79 Å². The van der Waals surface area contributed by atoms with Crippen LogP contribution in [0.2, 0.25) is 0 Å². The van der Waals surface area contributed by atoms with Crippen molar-refractivity contribution in [2.45, 2.75) is 19.8 Å². The fraction of sp³-hybridized carbons (Fsp3) is 0.500. The van der Waals surface area contributed by atoms with Crippen molar-refractivity contribution < 1.29 is 9.59 Å². The first-order valence-corrected chi connectivity index (χ1v) is 6.53. The number of rotatable bonds is 2. The van der Waals surface area contributed by atoms with E-state index >= 15 is 0 Å². The van der Waals surface area contributed by atoms with Gasteiger partial charge in [0.05, 0.1) is 10.3 Å². The number of hydrogen-bond acceptors (Lipinski definition) is 3. The quantitative estimate of drug-likeness (QED) is 0.866. The van der Waals surface area contributed by atoms with Gasteiger partial charge in [0, 0.05) is 13.1 Å². The molecule has 1 fully saturated rings. The van der Waals surface area contributed by atoms with Gasteiger partial charge in [0.2, 0.25) is 5.91 Å². The molecule has 2 amide bonds. The maximum atomic E-state index is 12.2. The van der Waals surface area contributed by atoms with Gasteiger partial charge in [-0.25, -0.2) is 0 Å². The first-order valence-electron chi connectivity index (χ1n) is 5.66. The fourth-order valence-corrected chi connectivity index (χ4v) is 2.86. The number of thiophene rings is 1. The van der Waals surface area contributed by atoms with Crippen LogP contribution in [0.4, 0.5) is 0 Å². The number of carbonyl (C=O) groups excluding carboxylic acids is 2. The Balaban J connectivity index is 2.13. The lowest BCUT2D eigenvalue weighted by Crippen LogP contribution is -2.50. The zero-order chi connectivity index (χ0) is 12.5. The number of amides is 2. The van der Waals surface area contributed by atoms with E-state index in [2.05, 4.69) is 0 Å². The number of hydrogen-bond donors (Lipinski definition) is 1. The molecule has 0 spiro atoms. The number of carbonyl (C=O) groups is 2. The molecule has 0 radical (unpaired) electrons. The molecular weight excluding hydrogens is 236 g/mol. The van der Waals surface area contributed by atoms with Gasteiger partial charge in [0.1, 0.15) is 0 Å². The molecule has 1 aliphatic rings. The predicted octanol–water partition coefficient (Wildman–Crippen LogP) is 1.48. The molecular formula is C12H16N2O2S. The van der Waals surface area contributed by atoms with Gasteiger partial charge in [0.15, 0.2) is 0 Å². The Hall–Kier alpha value is -1.36. The molecule has 1 aliphatic heterocycles. The molecule has 1 saturated heterocycles. The highest BCUT2D eigenvalue weighted by Crippen LogP contribution is 2.30. The first kappa shape index (κ1) is 12.1. The zero-order valence-corrected chi connectivity index (χ0v) is 10.6. The molecule has 1 aromatic rings. The van der Waals surface area contributed by atoms with Crippen molar-refractivity contribution in [1.82, 2.24) is 4.90 Å². The molecule has 0 saturated carbocycles. The number of primary amides is 1. The van der Waals surface area contributed by atoms with Crippen molar-refractivity contribution in [3.05, 3.63) is 22.4 Å². The highest BCUT2D eigenvalue weighted by atomic mass is 32.1. The molecule has 1 aromatic heterocycles. The summed E-state index contributed by atoms with van der Waals surface area (Å²) < 4.78 is 0. The average molecular weight is 252 g/mol. The molecule has 4 nitrogen and oxygen atoms in total. The van der Waals surface area contributed by atoms with Gasteiger partial charge in [0.25, 0.3) is 5.91 Å². The van der Waals surface area contributed by atoms with Crippen LogP contribution < -0.4 is 5.73 Å². The summed E-state index contributed by atoms with van der Waals surface area (Å²) >= 11 is 1.43. The van der Waals surface area contributed by atoms with E-state index in [0.717, 1.165) is 17.7 Å². The first-order chi connectivity index (χ1) is 8.03. The van der Waals surface area contributed by atoms with Crippen LogP contribution in [0, 0.1) is 5.41 Å². The minimum absolute atomic E-state index is 0.00664. The Morgan fingerprint density at radius 1 is 1.53 bits per heavy atom. The molecule has 2 heterocycles. The van der Waals surface area contributed by atoms with Crippen LogP contribution in [0.3, 0.4) is 0 Å². The lowest BCUT2D eigenvalue weighted by Gasteiger charge is -2.38. The van der Waals surface area contributed by atoms with Gasteiger partial charge >= 0.3 is 0 Å². The molecule has 1 atom stereocenters. The SMILES string of the molecule is CC1(C(N)=O)CCCN(C(=O)c2cccs2)C1. The third-order valence-corrected chi connectivity index (χ3v) is 4.17. The van der Waals surface area contributed by atoms with E-state index in [1.807, 2.05) is 24.4 Å². The second-order valence-electron chi connectivity index (χ2n) is 4.73. The van der Waals surface area contributed by atoms with Crippen LogP contribution in [0.5, 0.6) is 0 Å². The van der Waals surface area contributed by atoms with Crippen molar-refractivity contribution in [3.63, 3.8) is 0 Å². The summed E-state index contributed by atoms with van der Waals surface area (Å²) in [5.74, 6) is -0.312. The molecule has 5 heteroatoms. The van der Waals surface area contributed by atoms with Crippen molar-refractivity contribution in [1.29, 1.82) is 0 Å². The van der Waals surface area contributed by atoms with E-state index in [1.165, 1.54) is 11.3 Å². The van der Waals surface area contributed by atoms with Gasteiger partial charge in [-0.15, -0.1) is 11.3 Å². The zero-order valence-electron chi connectivity index (χ0n) is 9.81. The number of nitrogens with zero attached hydrogens (tertiary/aromatic N) is 1. The van der Waals surface area contributed by atoms with E-state index in [-0.39, 0.29) is 11.8 Å². The van der Waals surface area contributed by atoms with Crippen molar-refractivity contribution in [2.75, 3.05) is 13.1 Å². The second-order valence-corrected chi connectivity index (χ2v) is 5.68. The molecule has 0 aliphatic carbocycles. The highest BCUT2D eigenvalue weighted by Gasteiger charge is 2.38. The van der Waals surface area contributed by atoms with Gasteiger partial charge in [-0.2, -0.15) is 0 Å². The van der Waals surface area contributed by atoms with Crippen LogP contribution in [-0.4, -0.2) is 29.8 Å². The molecule has 2 N–H and O–H groups in total. The van der Waals surface area contributed by atoms with Gasteiger partial charge in [-0.3, -0.25) is 9.59 Å². The van der Waals surface area contributed by atoms with Crippen LogP contribution >= 0.6 is 11.3 Å². The summed E-state index contributed by atoms with van der Waals surface area (Å²) in [4.78, 5) is 26.0. The normalized spacial score (nSPS) is 24.6. The van der Waals surface area contributed by atoms with Crippen LogP contribution in [0.15, 0.2) is 17.5 Å². The minimum Gasteiger partial charge on any atom is -0.369 e. The third kappa shape index (κ3) is 2.34. The third-order valence-electron chi connectivity index (χ3n) is 3.31. The summed E-state index contributed by atoms with van der Waals surface area (Å²) in [6.07, 6.45) is 1.59. The summed E-state index contributed by atoms with van der Waals surface area (Å²) in [5, 5.41) is 1.88. The topological polar surface area (TPSA) is 63.4 Å². The number of likely N-dealkylation sites (tertiary alicyclic amines) is 1. The van der Waals surface area contributed by atoms with Crippen molar-refractivity contribution in [3.8, 4) is 0 Å². The molecule has 92 valence electrons. The Kier molecular flexibility index (Phi) is 3.19. The van der Waals surface area contributed by atoms with Gasteiger partial charge in [-0.05, 0) is 31.2 Å². The number of piperidine rings is 1. The largest absolute Gasteiger partial charge is 0.369 e. The maximum Gasteiger partial charge on any atom is 0.263 e. The maximum absolute atomic E-state index is 12.2. The molecule has 1 unspecified atom stereocenters. The van der Waals surface area contributed by atoms with Gasteiger partial charge in [-0.1, -0.05) is 6.07 Å². The lowest BCUT2D eigenvalue weighted by atomic mass is 9.81. The summed E-state index contributed by atoms with van der Waals surface area (Å²) in [5.41, 5.74) is 4.83. The molecule has 2 rings (SSSR count). The molecule has 0 aromatic carbocycles. The van der Waals surface area contributed by atoms with E-state index < -0.39 is 5.41 Å². The summed E-state index contributed by atoms with van der Waals surface area (Å²) in [6, 6.07) is 3.67. The summed E-state index contributed by atoms with van der Waals surface area (Å²) in [7, 11) is 0. The van der Waals surface area contributed by atoms with E-state index in [9.17, 15) is 9.59 Å². The summed E-state index contributed by atoms with van der Waals surface area (Å²) in [6.45, 7) is 2.97. The Labute approximate surface area is 104 Å². The highest BCUT2D eigenvalue weighted by molar-refractivity contribution is 7.12. The van der Waals surface area contributed by atoms with Crippen LogP contribution in [0.1, 0.15) is 29.4 Å². The predicted molar refractivity (Wildman–Crippen MR) is 66.8 cm³/mol. The fourth-order valence-electron chi connectivity index (χ4n) is 2.17. The van der Waals surface area contributed by atoms with E-state index in [0.29, 0.717) is 13.1 Å². The van der Waals surface area contributed by atoms with E-state index in [1.54, 1.807) is 4.90 Å². The Morgan fingerprint density at radius 3 is 2.88 bits per heavy atom. The minimum atomic E-state index is -0.578. The average Bonchev–Trinajstić information content (AvgIpc) is 2.81. The molecule has 0 bridgehead atoms. The smallest absolute Gasteiger partial charge is 0.263 e. The monoisotopic (exact) mass is 252 g/mol. The van der Waals surface area contributed by atoms with Gasteiger partial charge < -0.3 is 10.6 Å². The Morgan fingerprint density at radius 2 is 2.29 bits per heavy atom. The number of nitrogens with two attached hydrogens (primary N) is 1. The van der Waals surface area contributed by atoms with Crippen molar-refractivity contribution >= 4 is 23.2 Å². The van der Waals surface area contributed by atoms with Crippen LogP contribution in [0.25, 0.3) is 0 Å². The molecule has 17 heavy (non-hydrogen) atoms. The lowest BCUT2D eigenvalue weighted by molar-refractivity contribution is -0.129. The second kappa shape index (κ2) is 4.49. The van der Waals surface area contributed by atoms with E-state index in [4.69, 9.17) is 5.73 Å².